The summed E-state index contributed by atoms with van der Waals surface area (Å²) in [6.07, 6.45) is 0.827. The molecule has 0 fully saturated rings. The molecule has 0 spiro atoms. The Balaban J connectivity index is 0.00000256. The molecule has 0 aliphatic rings. The molecule has 0 unspecified atom stereocenters. The van der Waals surface area contributed by atoms with Gasteiger partial charge in [-0.1, -0.05) is 29.8 Å². The fraction of sp³-hybridized carbons (Fsp3) is 0.500. The maximum Gasteiger partial charge on any atom is 0.162 e. The van der Waals surface area contributed by atoms with Crippen molar-refractivity contribution in [2.75, 3.05) is 7.11 Å². The predicted molar refractivity (Wildman–Crippen MR) is 76.0 cm³/mol. The molecule has 0 radical (unpaired) electrons. The zero-order valence-corrected chi connectivity index (χ0v) is 12.6. The molecule has 0 saturated carbocycles. The van der Waals surface area contributed by atoms with Crippen LogP contribution in [0.25, 0.3) is 0 Å². The Hall–Kier alpha value is -0.450. The van der Waals surface area contributed by atoms with E-state index in [9.17, 15) is 5.11 Å². The molecule has 1 atom stereocenters. The first-order valence-corrected chi connectivity index (χ1v) is 6.07. The minimum absolute atomic E-state index is 0. The minimum Gasteiger partial charge on any atom is -0.504 e. The standard InChI is InChI=1S/C12H18BrNO2.ClH/c1-7(2)4-10(14)9-5-8(13)6-11(16-3)12(9)15;/h5-7,10,15H,4,14H2,1-3H3;1H/t10-;/m0./s1. The van der Waals surface area contributed by atoms with Crippen LogP contribution in [0.5, 0.6) is 11.5 Å². The van der Waals surface area contributed by atoms with Crippen molar-refractivity contribution in [2.45, 2.75) is 26.3 Å². The van der Waals surface area contributed by atoms with Crippen LogP contribution in [0.1, 0.15) is 31.9 Å². The number of rotatable bonds is 4. The third-order valence-electron chi connectivity index (χ3n) is 2.41. The van der Waals surface area contributed by atoms with Crippen molar-refractivity contribution < 1.29 is 9.84 Å². The Morgan fingerprint density at radius 1 is 1.41 bits per heavy atom. The molecule has 98 valence electrons. The average molecular weight is 325 g/mol. The van der Waals surface area contributed by atoms with Crippen LogP contribution >= 0.6 is 28.3 Å². The Bertz CT molecular complexity index is 372. The van der Waals surface area contributed by atoms with Crippen LogP contribution < -0.4 is 10.5 Å². The fourth-order valence-corrected chi connectivity index (χ4v) is 2.12. The summed E-state index contributed by atoms with van der Waals surface area (Å²) in [7, 11) is 1.53. The largest absolute Gasteiger partial charge is 0.504 e. The number of methoxy groups -OCH3 is 1. The highest BCUT2D eigenvalue weighted by atomic mass is 79.9. The van der Waals surface area contributed by atoms with E-state index in [1.807, 2.05) is 6.07 Å². The summed E-state index contributed by atoms with van der Waals surface area (Å²) in [6.45, 7) is 4.21. The lowest BCUT2D eigenvalue weighted by molar-refractivity contribution is 0.365. The van der Waals surface area contributed by atoms with Gasteiger partial charge in [0.15, 0.2) is 11.5 Å². The van der Waals surface area contributed by atoms with Gasteiger partial charge in [0.05, 0.1) is 7.11 Å². The predicted octanol–water partition coefficient (Wildman–Crippen LogP) is 3.63. The highest BCUT2D eigenvalue weighted by Gasteiger charge is 2.16. The summed E-state index contributed by atoms with van der Waals surface area (Å²) in [5, 5.41) is 9.97. The van der Waals surface area contributed by atoms with Crippen LogP contribution in [0.2, 0.25) is 0 Å². The number of phenols is 1. The van der Waals surface area contributed by atoms with E-state index in [0.29, 0.717) is 11.7 Å². The number of hydrogen-bond acceptors (Lipinski definition) is 3. The third-order valence-corrected chi connectivity index (χ3v) is 2.87. The zero-order valence-electron chi connectivity index (χ0n) is 10.2. The monoisotopic (exact) mass is 323 g/mol. The molecule has 3 nitrogen and oxygen atoms in total. The SMILES string of the molecule is COc1cc(Br)cc([C@@H](N)CC(C)C)c1O.Cl. The average Bonchev–Trinajstić information content (AvgIpc) is 2.19. The quantitative estimate of drug-likeness (QED) is 0.889. The van der Waals surface area contributed by atoms with Crippen LogP contribution in [0.15, 0.2) is 16.6 Å². The van der Waals surface area contributed by atoms with E-state index in [-0.39, 0.29) is 24.2 Å². The maximum atomic E-state index is 9.97. The topological polar surface area (TPSA) is 55.5 Å². The number of benzene rings is 1. The maximum absolute atomic E-state index is 9.97. The second-order valence-electron chi connectivity index (χ2n) is 4.28. The van der Waals surface area contributed by atoms with Gasteiger partial charge in [0.1, 0.15) is 0 Å². The van der Waals surface area contributed by atoms with Gasteiger partial charge in [-0.15, -0.1) is 12.4 Å². The molecule has 0 aliphatic carbocycles. The molecule has 0 heterocycles. The van der Waals surface area contributed by atoms with Gasteiger partial charge in [-0.05, 0) is 24.5 Å². The molecule has 0 aromatic heterocycles. The number of ether oxygens (including phenoxy) is 1. The summed E-state index contributed by atoms with van der Waals surface area (Å²) in [5.41, 5.74) is 6.78. The summed E-state index contributed by atoms with van der Waals surface area (Å²) < 4.78 is 5.94. The van der Waals surface area contributed by atoms with Gasteiger partial charge < -0.3 is 15.6 Å². The van der Waals surface area contributed by atoms with Gasteiger partial charge in [0.2, 0.25) is 0 Å². The Kier molecular flexibility index (Phi) is 6.90. The lowest BCUT2D eigenvalue weighted by Gasteiger charge is -2.17. The molecule has 0 aliphatic heterocycles. The normalized spacial score (nSPS) is 12.1. The van der Waals surface area contributed by atoms with Gasteiger partial charge in [0.25, 0.3) is 0 Å². The smallest absolute Gasteiger partial charge is 0.162 e. The zero-order chi connectivity index (χ0) is 12.3. The lowest BCUT2D eigenvalue weighted by Crippen LogP contribution is -2.13. The molecule has 0 saturated heterocycles. The highest BCUT2D eigenvalue weighted by molar-refractivity contribution is 9.10. The molecule has 0 bridgehead atoms. The van der Waals surface area contributed by atoms with E-state index in [1.54, 1.807) is 6.07 Å². The number of halogens is 2. The number of phenolic OH excluding ortho intramolecular Hbond substituents is 1. The van der Waals surface area contributed by atoms with Gasteiger partial charge in [-0.25, -0.2) is 0 Å². The molecule has 1 aromatic rings. The summed E-state index contributed by atoms with van der Waals surface area (Å²) in [4.78, 5) is 0. The van der Waals surface area contributed by atoms with Crippen molar-refractivity contribution >= 4 is 28.3 Å². The molecule has 17 heavy (non-hydrogen) atoms. The van der Waals surface area contributed by atoms with E-state index in [0.717, 1.165) is 16.5 Å². The molecule has 1 rings (SSSR count). The van der Waals surface area contributed by atoms with Crippen molar-refractivity contribution in [3.05, 3.63) is 22.2 Å². The summed E-state index contributed by atoms with van der Waals surface area (Å²) in [6, 6.07) is 3.39. The van der Waals surface area contributed by atoms with E-state index < -0.39 is 0 Å². The second-order valence-corrected chi connectivity index (χ2v) is 5.20. The van der Waals surface area contributed by atoms with E-state index in [1.165, 1.54) is 7.11 Å². The molecule has 5 heteroatoms. The van der Waals surface area contributed by atoms with Crippen molar-refractivity contribution in [1.29, 1.82) is 0 Å². The fourth-order valence-electron chi connectivity index (χ4n) is 1.67. The van der Waals surface area contributed by atoms with Crippen LogP contribution in [0, 0.1) is 5.92 Å². The van der Waals surface area contributed by atoms with Crippen molar-refractivity contribution in [3.63, 3.8) is 0 Å². The number of hydrogen-bond donors (Lipinski definition) is 2. The first-order valence-electron chi connectivity index (χ1n) is 5.27. The van der Waals surface area contributed by atoms with E-state index >= 15 is 0 Å². The van der Waals surface area contributed by atoms with Crippen LogP contribution in [0.3, 0.4) is 0 Å². The Labute approximate surface area is 117 Å². The summed E-state index contributed by atoms with van der Waals surface area (Å²) >= 11 is 3.38. The lowest BCUT2D eigenvalue weighted by atomic mass is 9.97. The number of nitrogens with two attached hydrogens (primary N) is 1. The van der Waals surface area contributed by atoms with Crippen LogP contribution in [-0.2, 0) is 0 Å². The van der Waals surface area contributed by atoms with Crippen molar-refractivity contribution in [3.8, 4) is 11.5 Å². The third kappa shape index (κ3) is 4.37. The van der Waals surface area contributed by atoms with E-state index in [4.69, 9.17) is 10.5 Å². The summed E-state index contributed by atoms with van der Waals surface area (Å²) in [5.74, 6) is 1.07. The first-order chi connectivity index (χ1) is 7.45. The van der Waals surface area contributed by atoms with Gasteiger partial charge >= 0.3 is 0 Å². The van der Waals surface area contributed by atoms with Gasteiger partial charge in [-0.3, -0.25) is 0 Å². The Morgan fingerprint density at radius 3 is 2.47 bits per heavy atom. The minimum atomic E-state index is -0.175. The van der Waals surface area contributed by atoms with Gasteiger partial charge in [-0.2, -0.15) is 0 Å². The molecule has 0 amide bonds. The molecular formula is C12H19BrClNO2. The molecule has 1 aromatic carbocycles. The van der Waals surface area contributed by atoms with Gasteiger partial charge in [0, 0.05) is 16.1 Å². The van der Waals surface area contributed by atoms with Crippen LogP contribution in [-0.4, -0.2) is 12.2 Å². The molecular weight excluding hydrogens is 305 g/mol. The molecule has 3 N–H and O–H groups in total. The first kappa shape index (κ1) is 16.6. The second kappa shape index (κ2) is 7.09. The highest BCUT2D eigenvalue weighted by Crippen LogP contribution is 2.37. The number of aromatic hydroxyl groups is 1. The Morgan fingerprint density at radius 2 is 2.00 bits per heavy atom. The van der Waals surface area contributed by atoms with Crippen molar-refractivity contribution in [2.24, 2.45) is 11.7 Å². The van der Waals surface area contributed by atoms with E-state index in [2.05, 4.69) is 29.8 Å². The van der Waals surface area contributed by atoms with Crippen LogP contribution in [0.4, 0.5) is 0 Å². The van der Waals surface area contributed by atoms with Crippen molar-refractivity contribution in [1.82, 2.24) is 0 Å².